The van der Waals surface area contributed by atoms with Crippen molar-refractivity contribution in [2.75, 3.05) is 26.6 Å². The number of carbonyl (C=O) groups is 1. The van der Waals surface area contributed by atoms with Gasteiger partial charge in [-0.2, -0.15) is 8.42 Å². The number of ether oxygens (including phenoxy) is 3. The highest BCUT2D eigenvalue weighted by molar-refractivity contribution is 7.86. The molecule has 0 saturated carbocycles. The fraction of sp³-hybridized carbons (Fsp3) is 0.519. The molecule has 0 spiro atoms. The van der Waals surface area contributed by atoms with E-state index in [1.807, 2.05) is 36.4 Å². The number of carbonyl (C=O) groups excluding carboxylic acids is 1. The van der Waals surface area contributed by atoms with Gasteiger partial charge in [0.1, 0.15) is 17.8 Å². The van der Waals surface area contributed by atoms with Crippen LogP contribution in [0, 0.1) is 0 Å². The molecule has 0 N–H and O–H groups in total. The molecule has 1 heterocycles. The first kappa shape index (κ1) is 29.5. The van der Waals surface area contributed by atoms with Crippen LogP contribution in [0.3, 0.4) is 0 Å². The van der Waals surface area contributed by atoms with Crippen molar-refractivity contribution in [2.24, 2.45) is 0 Å². The van der Waals surface area contributed by atoms with Gasteiger partial charge in [-0.05, 0) is 22.3 Å². The Morgan fingerprint density at radius 3 is 2.00 bits per heavy atom. The molecule has 1 fully saturated rings. The average Bonchev–Trinajstić information content (AvgIpc) is 3.16. The molecule has 2 aromatic rings. The summed E-state index contributed by atoms with van der Waals surface area (Å²) in [4.78, 5) is 11.8. The second-order valence-electron chi connectivity index (χ2n) is 10.5. The summed E-state index contributed by atoms with van der Waals surface area (Å²) < 4.78 is 54.4. The molecular formula is C27H38O8SSi. The lowest BCUT2D eigenvalue weighted by molar-refractivity contribution is -0.162. The van der Waals surface area contributed by atoms with Crippen molar-refractivity contribution in [1.29, 1.82) is 0 Å². The molecule has 1 aliphatic heterocycles. The number of rotatable bonds is 10. The second-order valence-corrected chi connectivity index (χ2v) is 16.4. The van der Waals surface area contributed by atoms with E-state index in [4.69, 9.17) is 22.8 Å². The molecule has 37 heavy (non-hydrogen) atoms. The molecule has 0 radical (unpaired) electrons. The van der Waals surface area contributed by atoms with E-state index in [2.05, 4.69) is 45.0 Å². The van der Waals surface area contributed by atoms with Crippen molar-refractivity contribution >= 4 is 34.8 Å². The van der Waals surface area contributed by atoms with E-state index in [1.54, 1.807) is 6.92 Å². The van der Waals surface area contributed by atoms with E-state index >= 15 is 0 Å². The summed E-state index contributed by atoms with van der Waals surface area (Å²) >= 11 is 0. The van der Waals surface area contributed by atoms with Crippen LogP contribution in [0.4, 0.5) is 0 Å². The van der Waals surface area contributed by atoms with Gasteiger partial charge in [0.25, 0.3) is 18.4 Å². The molecule has 4 atom stereocenters. The van der Waals surface area contributed by atoms with Crippen molar-refractivity contribution in [2.45, 2.75) is 63.6 Å². The van der Waals surface area contributed by atoms with Crippen molar-refractivity contribution < 1.29 is 36.0 Å². The first-order valence-electron chi connectivity index (χ1n) is 12.2. The molecular weight excluding hydrogens is 512 g/mol. The molecule has 3 rings (SSSR count). The Morgan fingerprint density at radius 2 is 1.59 bits per heavy atom. The molecule has 2 aromatic carbocycles. The maximum atomic E-state index is 12.2. The largest absolute Gasteiger partial charge is 0.457 e. The Kier molecular flexibility index (Phi) is 9.04. The standard InChI is InChI=1S/C27H38O8SSi/c1-20(35-36(7,29)30)27(25(31-6)24(18-32-27)34-21(2)28)19-33-37(26(3,4)5,22-14-10-8-11-15-22)23-16-12-9-13-17-23/h8-17,20,24-25H,18-19H2,1-7H3/t20-,24+,25+,27+/m1/s1. The first-order chi connectivity index (χ1) is 17.3. The Labute approximate surface area is 221 Å². The lowest BCUT2D eigenvalue weighted by atomic mass is 9.91. The molecule has 0 bridgehead atoms. The molecule has 1 aliphatic rings. The third-order valence-electron chi connectivity index (χ3n) is 6.85. The summed E-state index contributed by atoms with van der Waals surface area (Å²) in [6, 6.07) is 20.1. The SMILES string of the molecule is CO[C@H]1[C@@H](OC(C)=O)CO[C@@]1(CO[Si](c1ccccc1)(c1ccccc1)C(C)(C)C)[C@@H](C)OS(C)(=O)=O. The Bertz CT molecular complexity index is 1110. The molecule has 1 saturated heterocycles. The lowest BCUT2D eigenvalue weighted by Crippen LogP contribution is -2.69. The summed E-state index contributed by atoms with van der Waals surface area (Å²) in [6.45, 7) is 9.32. The Balaban J connectivity index is 2.16. The van der Waals surface area contributed by atoms with Crippen molar-refractivity contribution in [3.63, 3.8) is 0 Å². The molecule has 0 aromatic heterocycles. The topological polar surface area (TPSA) is 97.4 Å². The van der Waals surface area contributed by atoms with E-state index in [1.165, 1.54) is 14.0 Å². The van der Waals surface area contributed by atoms with Crippen LogP contribution in [0.5, 0.6) is 0 Å². The monoisotopic (exact) mass is 550 g/mol. The van der Waals surface area contributed by atoms with E-state index in [0.717, 1.165) is 16.6 Å². The van der Waals surface area contributed by atoms with Crippen LogP contribution in [-0.4, -0.2) is 73.2 Å². The number of hydrogen-bond donors (Lipinski definition) is 0. The van der Waals surface area contributed by atoms with Gasteiger partial charge in [0, 0.05) is 14.0 Å². The number of esters is 1. The highest BCUT2D eigenvalue weighted by atomic mass is 32.2. The molecule has 204 valence electrons. The average molecular weight is 551 g/mol. The molecule has 0 amide bonds. The number of methoxy groups -OCH3 is 1. The third kappa shape index (κ3) is 6.16. The molecule has 0 aliphatic carbocycles. The minimum absolute atomic E-state index is 0.0135. The van der Waals surface area contributed by atoms with Crippen LogP contribution in [0.25, 0.3) is 0 Å². The Hall–Kier alpha value is -2.08. The molecule has 0 unspecified atom stereocenters. The minimum Gasteiger partial charge on any atom is -0.457 e. The molecule has 8 nitrogen and oxygen atoms in total. The van der Waals surface area contributed by atoms with Crippen molar-refractivity contribution in [3.05, 3.63) is 60.7 Å². The van der Waals surface area contributed by atoms with Gasteiger partial charge in [-0.3, -0.25) is 8.98 Å². The summed E-state index contributed by atoms with van der Waals surface area (Å²) in [5, 5.41) is 1.79. The second kappa shape index (κ2) is 11.3. The smallest absolute Gasteiger partial charge is 0.303 e. The van der Waals surface area contributed by atoms with Gasteiger partial charge < -0.3 is 18.6 Å². The van der Waals surface area contributed by atoms with Gasteiger partial charge in [0.05, 0.1) is 19.5 Å². The summed E-state index contributed by atoms with van der Waals surface area (Å²) in [5.74, 6) is -0.490. The van der Waals surface area contributed by atoms with Crippen LogP contribution < -0.4 is 10.4 Å². The summed E-state index contributed by atoms with van der Waals surface area (Å²) in [5.41, 5.74) is -1.37. The van der Waals surface area contributed by atoms with Gasteiger partial charge in [-0.1, -0.05) is 81.4 Å². The first-order valence-corrected chi connectivity index (χ1v) is 16.0. The van der Waals surface area contributed by atoms with E-state index in [0.29, 0.717) is 0 Å². The number of hydrogen-bond acceptors (Lipinski definition) is 8. The summed E-state index contributed by atoms with van der Waals surface area (Å²) in [6.07, 6.45) is -1.59. The quantitative estimate of drug-likeness (QED) is 0.253. The van der Waals surface area contributed by atoms with Crippen LogP contribution >= 0.6 is 0 Å². The van der Waals surface area contributed by atoms with Crippen LogP contribution in [0.1, 0.15) is 34.6 Å². The normalized spacial score (nSPS) is 23.5. The van der Waals surface area contributed by atoms with Gasteiger partial charge in [0.2, 0.25) is 0 Å². The van der Waals surface area contributed by atoms with E-state index < -0.39 is 48.3 Å². The zero-order valence-corrected chi connectivity index (χ0v) is 24.4. The van der Waals surface area contributed by atoms with E-state index in [-0.39, 0.29) is 18.3 Å². The van der Waals surface area contributed by atoms with Gasteiger partial charge in [-0.15, -0.1) is 0 Å². The maximum absolute atomic E-state index is 12.2. The minimum atomic E-state index is -3.85. The fourth-order valence-electron chi connectivity index (χ4n) is 5.30. The van der Waals surface area contributed by atoms with Crippen molar-refractivity contribution in [3.8, 4) is 0 Å². The fourth-order valence-corrected chi connectivity index (χ4v) is 10.6. The zero-order valence-electron chi connectivity index (χ0n) is 22.6. The van der Waals surface area contributed by atoms with Crippen LogP contribution in [-0.2, 0) is 37.7 Å². The Morgan fingerprint density at radius 1 is 1.08 bits per heavy atom. The van der Waals surface area contributed by atoms with Gasteiger partial charge in [0.15, 0.2) is 6.10 Å². The predicted octanol–water partition coefficient (Wildman–Crippen LogP) is 2.64. The van der Waals surface area contributed by atoms with E-state index in [9.17, 15) is 13.2 Å². The number of benzene rings is 2. The van der Waals surface area contributed by atoms with Crippen molar-refractivity contribution in [1.82, 2.24) is 0 Å². The summed E-state index contributed by atoms with van der Waals surface area (Å²) in [7, 11) is -5.39. The highest BCUT2D eigenvalue weighted by Gasteiger charge is 2.60. The lowest BCUT2D eigenvalue weighted by Gasteiger charge is -2.46. The van der Waals surface area contributed by atoms with Crippen LogP contribution in [0.2, 0.25) is 5.04 Å². The molecule has 10 heteroatoms. The predicted molar refractivity (Wildman–Crippen MR) is 144 cm³/mol. The van der Waals surface area contributed by atoms with Crippen LogP contribution in [0.15, 0.2) is 60.7 Å². The van der Waals surface area contributed by atoms with Gasteiger partial charge >= 0.3 is 5.97 Å². The maximum Gasteiger partial charge on any atom is 0.303 e. The van der Waals surface area contributed by atoms with Gasteiger partial charge in [-0.25, -0.2) is 0 Å². The highest BCUT2D eigenvalue weighted by Crippen LogP contribution is 2.41. The third-order valence-corrected chi connectivity index (χ3v) is 12.5. The zero-order chi connectivity index (χ0) is 27.5.